The number of nitrogens with zero attached hydrogens (tertiary/aromatic N) is 1. The SMILES string of the molecule is CCC1C(=O)NC(=O)CN1CC1(CC(N)=S)CC1. The summed E-state index contributed by atoms with van der Waals surface area (Å²) in [6.45, 7) is 2.99. The zero-order chi connectivity index (χ0) is 13.3. The highest BCUT2D eigenvalue weighted by Gasteiger charge is 2.46. The Kier molecular flexibility index (Phi) is 3.68. The fourth-order valence-corrected chi connectivity index (χ4v) is 3.00. The topological polar surface area (TPSA) is 75.4 Å². The van der Waals surface area contributed by atoms with Crippen LogP contribution < -0.4 is 11.1 Å². The van der Waals surface area contributed by atoms with Crippen molar-refractivity contribution in [2.45, 2.75) is 38.6 Å². The Bertz CT molecular complexity index is 393. The van der Waals surface area contributed by atoms with Gasteiger partial charge in [0.05, 0.1) is 17.6 Å². The summed E-state index contributed by atoms with van der Waals surface area (Å²) in [5.41, 5.74) is 5.72. The summed E-state index contributed by atoms with van der Waals surface area (Å²) in [5, 5.41) is 2.39. The summed E-state index contributed by atoms with van der Waals surface area (Å²) in [6, 6.07) is -0.202. The van der Waals surface area contributed by atoms with Crippen LogP contribution in [-0.4, -0.2) is 40.8 Å². The number of carbonyl (C=O) groups is 2. The number of amides is 2. The summed E-state index contributed by atoms with van der Waals surface area (Å²) in [7, 11) is 0. The molecule has 1 unspecified atom stereocenters. The predicted molar refractivity (Wildman–Crippen MR) is 71.9 cm³/mol. The molecule has 0 spiro atoms. The van der Waals surface area contributed by atoms with E-state index < -0.39 is 0 Å². The van der Waals surface area contributed by atoms with Crippen LogP contribution in [0.15, 0.2) is 0 Å². The third-order valence-electron chi connectivity index (χ3n) is 3.78. The smallest absolute Gasteiger partial charge is 0.243 e. The van der Waals surface area contributed by atoms with E-state index >= 15 is 0 Å². The van der Waals surface area contributed by atoms with Crippen LogP contribution in [0.1, 0.15) is 32.6 Å². The van der Waals surface area contributed by atoms with Crippen molar-refractivity contribution in [2.75, 3.05) is 13.1 Å². The minimum atomic E-state index is -0.212. The molecule has 2 rings (SSSR count). The molecule has 2 fully saturated rings. The lowest BCUT2D eigenvalue weighted by atomic mass is 9.99. The minimum absolute atomic E-state index is 0.108. The van der Waals surface area contributed by atoms with E-state index in [1.54, 1.807) is 0 Å². The quantitative estimate of drug-likeness (QED) is 0.550. The molecule has 2 aliphatic rings. The van der Waals surface area contributed by atoms with E-state index in [2.05, 4.69) is 5.32 Å². The van der Waals surface area contributed by atoms with Gasteiger partial charge in [0.15, 0.2) is 0 Å². The van der Waals surface area contributed by atoms with Crippen molar-refractivity contribution in [3.63, 3.8) is 0 Å². The molecule has 0 aromatic heterocycles. The van der Waals surface area contributed by atoms with Crippen LogP contribution in [0.3, 0.4) is 0 Å². The molecule has 1 atom stereocenters. The highest BCUT2D eigenvalue weighted by molar-refractivity contribution is 7.80. The van der Waals surface area contributed by atoms with Gasteiger partial charge in [0.1, 0.15) is 0 Å². The molecule has 0 radical (unpaired) electrons. The molecule has 6 heteroatoms. The number of rotatable bonds is 5. The zero-order valence-corrected chi connectivity index (χ0v) is 11.4. The van der Waals surface area contributed by atoms with Crippen molar-refractivity contribution >= 4 is 29.0 Å². The van der Waals surface area contributed by atoms with Crippen molar-refractivity contribution in [3.8, 4) is 0 Å². The molecular weight excluding hydrogens is 250 g/mol. The average Bonchev–Trinajstić information content (AvgIpc) is 2.95. The molecule has 0 aromatic rings. The fraction of sp³-hybridized carbons (Fsp3) is 0.750. The van der Waals surface area contributed by atoms with Gasteiger partial charge in [-0.2, -0.15) is 0 Å². The summed E-state index contributed by atoms with van der Waals surface area (Å²) in [6.07, 6.45) is 3.58. The molecule has 0 bridgehead atoms. The third kappa shape index (κ3) is 2.87. The molecule has 18 heavy (non-hydrogen) atoms. The molecule has 2 amide bonds. The van der Waals surface area contributed by atoms with Crippen LogP contribution in [0.5, 0.6) is 0 Å². The van der Waals surface area contributed by atoms with Gasteiger partial charge in [-0.15, -0.1) is 0 Å². The van der Waals surface area contributed by atoms with Crippen LogP contribution in [0.25, 0.3) is 0 Å². The van der Waals surface area contributed by atoms with E-state index in [0.29, 0.717) is 24.4 Å². The molecule has 5 nitrogen and oxygen atoms in total. The second-order valence-corrected chi connectivity index (χ2v) is 5.91. The first-order chi connectivity index (χ1) is 8.46. The first kappa shape index (κ1) is 13.4. The maximum atomic E-state index is 11.8. The monoisotopic (exact) mass is 269 g/mol. The molecule has 1 heterocycles. The van der Waals surface area contributed by atoms with Crippen molar-refractivity contribution in [3.05, 3.63) is 0 Å². The first-order valence-corrected chi connectivity index (χ1v) is 6.73. The van der Waals surface area contributed by atoms with Crippen LogP contribution in [-0.2, 0) is 9.59 Å². The third-order valence-corrected chi connectivity index (χ3v) is 3.93. The number of piperazine rings is 1. The molecule has 100 valence electrons. The Balaban J connectivity index is 2.04. The van der Waals surface area contributed by atoms with Crippen LogP contribution in [0.4, 0.5) is 0 Å². The normalized spacial score (nSPS) is 26.8. The number of carbonyl (C=O) groups excluding carboxylic acids is 2. The Morgan fingerprint density at radius 2 is 2.22 bits per heavy atom. The molecule has 1 saturated heterocycles. The minimum Gasteiger partial charge on any atom is -0.393 e. The Labute approximate surface area is 112 Å². The molecule has 3 N–H and O–H groups in total. The van der Waals surface area contributed by atoms with Crippen LogP contribution >= 0.6 is 12.2 Å². The van der Waals surface area contributed by atoms with Crippen LogP contribution in [0.2, 0.25) is 0 Å². The van der Waals surface area contributed by atoms with Gasteiger partial charge in [-0.25, -0.2) is 0 Å². The van der Waals surface area contributed by atoms with Crippen molar-refractivity contribution in [1.29, 1.82) is 0 Å². The maximum absolute atomic E-state index is 11.8. The second kappa shape index (κ2) is 4.93. The predicted octanol–water partition coefficient (Wildman–Crippen LogP) is 0.180. The van der Waals surface area contributed by atoms with Crippen LogP contribution in [0, 0.1) is 5.41 Å². The van der Waals surface area contributed by atoms with E-state index in [-0.39, 0.29) is 23.3 Å². The van der Waals surface area contributed by atoms with E-state index in [1.165, 1.54) is 0 Å². The van der Waals surface area contributed by atoms with Gasteiger partial charge in [-0.1, -0.05) is 19.1 Å². The van der Waals surface area contributed by atoms with E-state index in [0.717, 1.165) is 19.4 Å². The lowest BCUT2D eigenvalue weighted by molar-refractivity contribution is -0.140. The van der Waals surface area contributed by atoms with Gasteiger partial charge in [0.25, 0.3) is 0 Å². The highest BCUT2D eigenvalue weighted by Crippen LogP contribution is 2.49. The molecular formula is C12H19N3O2S. The molecule has 1 saturated carbocycles. The Morgan fingerprint density at radius 3 is 2.72 bits per heavy atom. The fourth-order valence-electron chi connectivity index (χ4n) is 2.70. The van der Waals surface area contributed by atoms with E-state index in [9.17, 15) is 9.59 Å². The van der Waals surface area contributed by atoms with Gasteiger partial charge in [-0.05, 0) is 24.7 Å². The zero-order valence-electron chi connectivity index (χ0n) is 10.6. The summed E-state index contributed by atoms with van der Waals surface area (Å²) in [5.74, 6) is -0.393. The van der Waals surface area contributed by atoms with Crippen molar-refractivity contribution < 1.29 is 9.59 Å². The van der Waals surface area contributed by atoms with Crippen molar-refractivity contribution in [2.24, 2.45) is 11.1 Å². The first-order valence-electron chi connectivity index (χ1n) is 6.32. The summed E-state index contributed by atoms with van der Waals surface area (Å²) in [4.78, 5) is 25.7. The lowest BCUT2D eigenvalue weighted by Gasteiger charge is -2.35. The molecule has 1 aliphatic heterocycles. The standard InChI is InChI=1S/C12H19N3O2S/c1-2-8-11(17)14-10(16)6-15(8)7-12(3-4-12)5-9(13)18/h8H,2-7H2,1H3,(H2,13,18)(H,14,16,17). The van der Waals surface area contributed by atoms with Gasteiger partial charge in [-0.3, -0.25) is 19.8 Å². The lowest BCUT2D eigenvalue weighted by Crippen LogP contribution is -2.59. The largest absolute Gasteiger partial charge is 0.393 e. The second-order valence-electron chi connectivity index (χ2n) is 5.38. The number of hydrogen-bond donors (Lipinski definition) is 2. The van der Waals surface area contributed by atoms with Gasteiger partial charge < -0.3 is 5.73 Å². The molecule has 1 aliphatic carbocycles. The average molecular weight is 269 g/mol. The Morgan fingerprint density at radius 1 is 1.56 bits per heavy atom. The van der Waals surface area contributed by atoms with Gasteiger partial charge in [0, 0.05) is 13.0 Å². The summed E-state index contributed by atoms with van der Waals surface area (Å²) >= 11 is 4.97. The van der Waals surface area contributed by atoms with Crippen molar-refractivity contribution in [1.82, 2.24) is 10.2 Å². The Hall–Kier alpha value is -1.01. The van der Waals surface area contributed by atoms with E-state index in [1.807, 2.05) is 11.8 Å². The van der Waals surface area contributed by atoms with Gasteiger partial charge >= 0.3 is 0 Å². The number of hydrogen-bond acceptors (Lipinski definition) is 4. The molecule has 0 aromatic carbocycles. The number of imide groups is 1. The number of nitrogens with one attached hydrogen (secondary N) is 1. The summed E-state index contributed by atoms with van der Waals surface area (Å²) < 4.78 is 0. The highest BCUT2D eigenvalue weighted by atomic mass is 32.1. The van der Waals surface area contributed by atoms with Gasteiger partial charge in [0.2, 0.25) is 11.8 Å². The van der Waals surface area contributed by atoms with E-state index in [4.69, 9.17) is 18.0 Å². The number of nitrogens with two attached hydrogens (primary N) is 1. The number of thiocarbonyl (C=S) groups is 1. The maximum Gasteiger partial charge on any atom is 0.243 e.